The maximum atomic E-state index is 10.7. The van der Waals surface area contributed by atoms with Crippen LogP contribution in [0.4, 0.5) is 4.79 Å². The molecule has 2 aliphatic heterocycles. The summed E-state index contributed by atoms with van der Waals surface area (Å²) < 4.78 is 0. The van der Waals surface area contributed by atoms with Gasteiger partial charge in [-0.15, -0.1) is 0 Å². The third-order valence-corrected chi connectivity index (χ3v) is 2.84. The van der Waals surface area contributed by atoms with E-state index in [1.54, 1.807) is 4.90 Å². The molecule has 0 aromatic carbocycles. The number of piperazine rings is 1. The van der Waals surface area contributed by atoms with Crippen molar-refractivity contribution in [1.82, 2.24) is 15.1 Å². The van der Waals surface area contributed by atoms with E-state index in [4.69, 9.17) is 5.73 Å². The van der Waals surface area contributed by atoms with Gasteiger partial charge in [0, 0.05) is 45.3 Å². The Kier molecular flexibility index (Phi) is 2.37. The van der Waals surface area contributed by atoms with Gasteiger partial charge in [0.2, 0.25) is 0 Å². The highest BCUT2D eigenvalue weighted by molar-refractivity contribution is 5.73. The molecule has 5 nitrogen and oxygen atoms in total. The van der Waals surface area contributed by atoms with Crippen LogP contribution in [0, 0.1) is 0 Å². The minimum absolute atomic E-state index is 0.286. The minimum atomic E-state index is -0.286. The summed E-state index contributed by atoms with van der Waals surface area (Å²) in [6.45, 7) is 5.94. The number of nitrogens with two attached hydrogens (primary N) is 1. The lowest BCUT2D eigenvalue weighted by atomic mass is 10.1. The van der Waals surface area contributed by atoms with E-state index in [1.807, 2.05) is 0 Å². The molecule has 74 valence electrons. The zero-order valence-electron chi connectivity index (χ0n) is 7.70. The summed E-state index contributed by atoms with van der Waals surface area (Å²) >= 11 is 0. The van der Waals surface area contributed by atoms with Gasteiger partial charge in [0.05, 0.1) is 0 Å². The second-order valence-corrected chi connectivity index (χ2v) is 3.68. The van der Waals surface area contributed by atoms with Crippen LogP contribution in [0.1, 0.15) is 0 Å². The molecule has 0 aromatic heterocycles. The third-order valence-electron chi connectivity index (χ3n) is 2.84. The summed E-state index contributed by atoms with van der Waals surface area (Å²) in [4.78, 5) is 14.8. The molecule has 5 heteroatoms. The normalized spacial score (nSPS) is 25.7. The maximum absolute atomic E-state index is 10.7. The number of carbonyl (C=O) groups excluding carboxylic acids is 1. The lowest BCUT2D eigenvalue weighted by molar-refractivity contribution is 0.0523. The fourth-order valence-corrected chi connectivity index (χ4v) is 1.91. The van der Waals surface area contributed by atoms with Gasteiger partial charge >= 0.3 is 6.03 Å². The fraction of sp³-hybridized carbons (Fsp3) is 0.875. The number of amides is 2. The lowest BCUT2D eigenvalue weighted by Gasteiger charge is -2.45. The molecule has 2 fully saturated rings. The average molecular weight is 184 g/mol. The molecule has 0 bridgehead atoms. The van der Waals surface area contributed by atoms with E-state index in [2.05, 4.69) is 10.2 Å². The van der Waals surface area contributed by atoms with Gasteiger partial charge in [-0.1, -0.05) is 0 Å². The Bertz CT molecular complexity index is 196. The topological polar surface area (TPSA) is 61.6 Å². The van der Waals surface area contributed by atoms with Crippen molar-refractivity contribution in [2.24, 2.45) is 5.73 Å². The Balaban J connectivity index is 1.75. The van der Waals surface area contributed by atoms with Gasteiger partial charge < -0.3 is 16.0 Å². The lowest BCUT2D eigenvalue weighted by Crippen LogP contribution is -2.64. The van der Waals surface area contributed by atoms with Crippen molar-refractivity contribution in [1.29, 1.82) is 0 Å². The van der Waals surface area contributed by atoms with Crippen LogP contribution >= 0.6 is 0 Å². The van der Waals surface area contributed by atoms with Crippen LogP contribution in [-0.2, 0) is 0 Å². The van der Waals surface area contributed by atoms with Gasteiger partial charge in [0.25, 0.3) is 0 Å². The molecule has 0 atom stereocenters. The van der Waals surface area contributed by atoms with Crippen LogP contribution in [0.2, 0.25) is 0 Å². The fourth-order valence-electron chi connectivity index (χ4n) is 1.91. The van der Waals surface area contributed by atoms with E-state index in [0.717, 1.165) is 39.3 Å². The van der Waals surface area contributed by atoms with E-state index in [-0.39, 0.29) is 6.03 Å². The smallest absolute Gasteiger partial charge is 0.314 e. The number of urea groups is 1. The van der Waals surface area contributed by atoms with Crippen LogP contribution in [0.25, 0.3) is 0 Å². The summed E-state index contributed by atoms with van der Waals surface area (Å²) in [6.07, 6.45) is 0. The van der Waals surface area contributed by atoms with Crippen LogP contribution in [-0.4, -0.2) is 61.1 Å². The highest BCUT2D eigenvalue weighted by Gasteiger charge is 2.33. The molecule has 2 heterocycles. The Hall–Kier alpha value is -0.810. The SMILES string of the molecule is NC(=O)N1CC(N2CCNCC2)C1. The van der Waals surface area contributed by atoms with E-state index in [1.165, 1.54) is 0 Å². The van der Waals surface area contributed by atoms with Gasteiger partial charge in [0.15, 0.2) is 0 Å². The standard InChI is InChI=1S/C8H16N4O/c9-8(13)12-5-7(6-12)11-3-1-10-2-4-11/h7,10H,1-6H2,(H2,9,13). The molecule has 2 amide bonds. The summed E-state index contributed by atoms with van der Waals surface area (Å²) in [5, 5.41) is 3.30. The molecule has 0 unspecified atom stereocenters. The van der Waals surface area contributed by atoms with Crippen LogP contribution in [0.15, 0.2) is 0 Å². The van der Waals surface area contributed by atoms with E-state index >= 15 is 0 Å². The first-order valence-corrected chi connectivity index (χ1v) is 4.76. The van der Waals surface area contributed by atoms with Gasteiger partial charge in [-0.2, -0.15) is 0 Å². The largest absolute Gasteiger partial charge is 0.351 e. The Labute approximate surface area is 77.9 Å². The van der Waals surface area contributed by atoms with Crippen molar-refractivity contribution >= 4 is 6.03 Å². The van der Waals surface area contributed by atoms with E-state index in [9.17, 15) is 4.79 Å². The number of hydrogen-bond acceptors (Lipinski definition) is 3. The Morgan fingerprint density at radius 3 is 2.46 bits per heavy atom. The minimum Gasteiger partial charge on any atom is -0.351 e. The van der Waals surface area contributed by atoms with Crippen LogP contribution in [0.3, 0.4) is 0 Å². The average Bonchev–Trinajstić information content (AvgIpc) is 2.02. The van der Waals surface area contributed by atoms with Crippen molar-refractivity contribution in [3.8, 4) is 0 Å². The van der Waals surface area contributed by atoms with E-state index < -0.39 is 0 Å². The monoisotopic (exact) mass is 184 g/mol. The van der Waals surface area contributed by atoms with Gasteiger partial charge in [-0.3, -0.25) is 4.90 Å². The molecule has 0 saturated carbocycles. The molecule has 2 aliphatic rings. The molecular formula is C8H16N4O. The number of primary amides is 1. The van der Waals surface area contributed by atoms with Crippen LogP contribution < -0.4 is 11.1 Å². The van der Waals surface area contributed by atoms with Crippen molar-refractivity contribution in [2.45, 2.75) is 6.04 Å². The molecule has 0 radical (unpaired) electrons. The number of nitrogens with one attached hydrogen (secondary N) is 1. The molecule has 0 aliphatic carbocycles. The maximum Gasteiger partial charge on any atom is 0.314 e. The number of rotatable bonds is 1. The first kappa shape index (κ1) is 8.77. The zero-order chi connectivity index (χ0) is 9.26. The second-order valence-electron chi connectivity index (χ2n) is 3.68. The molecule has 0 spiro atoms. The highest BCUT2D eigenvalue weighted by Crippen LogP contribution is 2.14. The highest BCUT2D eigenvalue weighted by atomic mass is 16.2. The summed E-state index contributed by atoms with van der Waals surface area (Å²) in [7, 11) is 0. The number of likely N-dealkylation sites (tertiary alicyclic amines) is 1. The van der Waals surface area contributed by atoms with E-state index in [0.29, 0.717) is 6.04 Å². The molecule has 3 N–H and O–H groups in total. The number of carbonyl (C=O) groups is 1. The van der Waals surface area contributed by atoms with Gasteiger partial charge in [-0.25, -0.2) is 4.79 Å². The Morgan fingerprint density at radius 1 is 1.31 bits per heavy atom. The first-order chi connectivity index (χ1) is 6.27. The molecular weight excluding hydrogens is 168 g/mol. The van der Waals surface area contributed by atoms with Crippen molar-refractivity contribution in [3.63, 3.8) is 0 Å². The van der Waals surface area contributed by atoms with Gasteiger partial charge in [-0.05, 0) is 0 Å². The summed E-state index contributed by atoms with van der Waals surface area (Å²) in [5.74, 6) is 0. The summed E-state index contributed by atoms with van der Waals surface area (Å²) in [5.41, 5.74) is 5.15. The molecule has 2 rings (SSSR count). The molecule has 13 heavy (non-hydrogen) atoms. The number of hydrogen-bond donors (Lipinski definition) is 2. The van der Waals surface area contributed by atoms with Crippen molar-refractivity contribution in [2.75, 3.05) is 39.3 Å². The Morgan fingerprint density at radius 2 is 1.92 bits per heavy atom. The van der Waals surface area contributed by atoms with Crippen molar-refractivity contribution < 1.29 is 4.79 Å². The molecule has 2 saturated heterocycles. The van der Waals surface area contributed by atoms with Crippen molar-refractivity contribution in [3.05, 3.63) is 0 Å². The zero-order valence-corrected chi connectivity index (χ0v) is 7.70. The second kappa shape index (κ2) is 3.51. The quantitative estimate of drug-likeness (QED) is 0.530. The third kappa shape index (κ3) is 1.76. The first-order valence-electron chi connectivity index (χ1n) is 4.76. The number of nitrogens with zero attached hydrogens (tertiary/aromatic N) is 2. The molecule has 0 aromatic rings. The predicted octanol–water partition coefficient (Wildman–Crippen LogP) is -1.35. The van der Waals surface area contributed by atoms with Crippen LogP contribution in [0.5, 0.6) is 0 Å². The predicted molar refractivity (Wildman–Crippen MR) is 49.4 cm³/mol. The van der Waals surface area contributed by atoms with Gasteiger partial charge in [0.1, 0.15) is 0 Å². The summed E-state index contributed by atoms with van der Waals surface area (Å²) in [6, 6.07) is 0.265.